The van der Waals surface area contributed by atoms with Crippen LogP contribution in [0.1, 0.15) is 12.8 Å². The molecular weight excluding hydrogens is 278 g/mol. The van der Waals surface area contributed by atoms with Gasteiger partial charge in [0.05, 0.1) is 11.9 Å². The van der Waals surface area contributed by atoms with E-state index in [-0.39, 0.29) is 0 Å². The molecule has 3 nitrogen and oxygen atoms in total. The summed E-state index contributed by atoms with van der Waals surface area (Å²) in [6.07, 6.45) is 6.36. The molecule has 1 aromatic heterocycles. The molecule has 1 aliphatic rings. The van der Waals surface area contributed by atoms with E-state index >= 15 is 0 Å². The van der Waals surface area contributed by atoms with Crippen LogP contribution in [0.2, 0.25) is 0 Å². The van der Waals surface area contributed by atoms with E-state index < -0.39 is 0 Å². The second-order valence-corrected chi connectivity index (χ2v) is 5.97. The highest BCUT2D eigenvalue weighted by Crippen LogP contribution is 2.24. The van der Waals surface area contributed by atoms with Crippen molar-refractivity contribution in [2.45, 2.75) is 12.8 Å². The molecule has 1 fully saturated rings. The molecule has 0 N–H and O–H groups in total. The number of anilines is 1. The van der Waals surface area contributed by atoms with Gasteiger partial charge in [-0.1, -0.05) is 0 Å². The highest BCUT2D eigenvalue weighted by atomic mass is 79.9. The summed E-state index contributed by atoms with van der Waals surface area (Å²) in [4.78, 5) is 8.96. The third-order valence-corrected chi connectivity index (χ3v) is 3.73. The molecule has 0 spiro atoms. The van der Waals surface area contributed by atoms with E-state index in [0.717, 1.165) is 23.5 Å². The summed E-state index contributed by atoms with van der Waals surface area (Å²) in [5.74, 6) is 0.848. The van der Waals surface area contributed by atoms with Crippen LogP contribution in [-0.4, -0.2) is 43.6 Å². The van der Waals surface area contributed by atoms with E-state index in [9.17, 15) is 0 Å². The summed E-state index contributed by atoms with van der Waals surface area (Å²) in [6.45, 7) is 3.51. The topological polar surface area (TPSA) is 19.4 Å². The maximum Gasteiger partial charge on any atom is 0.0564 e. The van der Waals surface area contributed by atoms with Gasteiger partial charge in [-0.2, -0.15) is 0 Å². The van der Waals surface area contributed by atoms with Gasteiger partial charge in [0.1, 0.15) is 0 Å². The third-order valence-electron chi connectivity index (χ3n) is 3.29. The lowest BCUT2D eigenvalue weighted by Gasteiger charge is -2.34. The molecule has 0 aliphatic carbocycles. The summed E-state index contributed by atoms with van der Waals surface area (Å²) in [5.41, 5.74) is 1.24. The first-order valence-corrected chi connectivity index (χ1v) is 6.94. The van der Waals surface area contributed by atoms with E-state index in [2.05, 4.69) is 50.9 Å². The smallest absolute Gasteiger partial charge is 0.0564 e. The lowest BCUT2D eigenvalue weighted by molar-refractivity contribution is 0.285. The molecule has 0 saturated carbocycles. The second kappa shape index (κ2) is 5.83. The van der Waals surface area contributed by atoms with Crippen molar-refractivity contribution in [3.63, 3.8) is 0 Å². The minimum Gasteiger partial charge on any atom is -0.370 e. The molecule has 2 rings (SSSR count). The summed E-state index contributed by atoms with van der Waals surface area (Å²) in [5, 5.41) is 0. The Hall–Kier alpha value is -0.610. The van der Waals surface area contributed by atoms with Crippen molar-refractivity contribution in [1.29, 1.82) is 0 Å². The van der Waals surface area contributed by atoms with E-state index in [4.69, 9.17) is 0 Å². The van der Waals surface area contributed by atoms with Gasteiger partial charge in [0.15, 0.2) is 0 Å². The predicted octanol–water partition coefficient (Wildman–Crippen LogP) is 2.62. The van der Waals surface area contributed by atoms with Crippen LogP contribution in [0.3, 0.4) is 0 Å². The van der Waals surface area contributed by atoms with E-state index in [1.165, 1.54) is 25.1 Å². The van der Waals surface area contributed by atoms with E-state index in [0.29, 0.717) is 0 Å². The average molecular weight is 298 g/mol. The van der Waals surface area contributed by atoms with E-state index in [1.54, 1.807) is 0 Å². The fourth-order valence-electron chi connectivity index (χ4n) is 2.46. The largest absolute Gasteiger partial charge is 0.370 e. The van der Waals surface area contributed by atoms with Crippen molar-refractivity contribution in [3.8, 4) is 0 Å². The van der Waals surface area contributed by atoms with Gasteiger partial charge in [0.2, 0.25) is 0 Å². The molecule has 4 heteroatoms. The van der Waals surface area contributed by atoms with Crippen LogP contribution in [0, 0.1) is 5.92 Å². The Morgan fingerprint density at radius 1 is 1.35 bits per heavy atom. The van der Waals surface area contributed by atoms with Gasteiger partial charge >= 0.3 is 0 Å². The standard InChI is InChI=1S/C13H20BrN3/c1-16(2)10-11-3-5-17(6-4-11)13-7-12(14)8-15-9-13/h7-9,11H,3-6,10H2,1-2H3. The zero-order valence-electron chi connectivity index (χ0n) is 10.6. The van der Waals surface area contributed by atoms with Crippen molar-refractivity contribution in [1.82, 2.24) is 9.88 Å². The molecule has 2 heterocycles. The number of pyridine rings is 1. The zero-order chi connectivity index (χ0) is 12.3. The Bertz CT molecular complexity index is 359. The predicted molar refractivity (Wildman–Crippen MR) is 75.4 cm³/mol. The Balaban J connectivity index is 1.91. The highest BCUT2D eigenvalue weighted by molar-refractivity contribution is 9.10. The summed E-state index contributed by atoms with van der Waals surface area (Å²) in [6, 6.07) is 2.15. The molecular formula is C13H20BrN3. The Kier molecular flexibility index (Phi) is 4.40. The van der Waals surface area contributed by atoms with Crippen molar-refractivity contribution in [3.05, 3.63) is 22.9 Å². The van der Waals surface area contributed by atoms with Crippen LogP contribution >= 0.6 is 15.9 Å². The maximum atomic E-state index is 4.23. The molecule has 0 radical (unpaired) electrons. The molecule has 0 atom stereocenters. The Morgan fingerprint density at radius 2 is 2.06 bits per heavy atom. The third kappa shape index (κ3) is 3.68. The molecule has 1 aromatic rings. The summed E-state index contributed by atoms with van der Waals surface area (Å²) < 4.78 is 1.06. The van der Waals surface area contributed by atoms with Crippen LogP contribution < -0.4 is 4.90 Å². The first-order chi connectivity index (χ1) is 8.15. The zero-order valence-corrected chi connectivity index (χ0v) is 12.2. The van der Waals surface area contributed by atoms with Crippen LogP contribution in [0.5, 0.6) is 0 Å². The van der Waals surface area contributed by atoms with Gasteiger partial charge in [0.25, 0.3) is 0 Å². The molecule has 17 heavy (non-hydrogen) atoms. The van der Waals surface area contributed by atoms with Gasteiger partial charge in [0, 0.05) is 30.3 Å². The van der Waals surface area contributed by atoms with Gasteiger partial charge in [-0.05, 0) is 54.9 Å². The summed E-state index contributed by atoms with van der Waals surface area (Å²) in [7, 11) is 4.31. The lowest BCUT2D eigenvalue weighted by Crippen LogP contribution is -2.37. The van der Waals surface area contributed by atoms with Crippen LogP contribution in [0.4, 0.5) is 5.69 Å². The first kappa shape index (κ1) is 12.8. The molecule has 1 saturated heterocycles. The second-order valence-electron chi connectivity index (χ2n) is 5.05. The Labute approximate surface area is 112 Å². The van der Waals surface area contributed by atoms with Gasteiger partial charge in [-0.15, -0.1) is 0 Å². The minimum atomic E-state index is 0.848. The van der Waals surface area contributed by atoms with E-state index in [1.807, 2.05) is 12.4 Å². The molecule has 0 aromatic carbocycles. The fourth-order valence-corrected chi connectivity index (χ4v) is 2.82. The number of hydrogen-bond acceptors (Lipinski definition) is 3. The van der Waals surface area contributed by atoms with Crippen molar-refractivity contribution in [2.75, 3.05) is 38.6 Å². The molecule has 0 amide bonds. The Morgan fingerprint density at radius 3 is 2.65 bits per heavy atom. The van der Waals surface area contributed by atoms with Crippen molar-refractivity contribution >= 4 is 21.6 Å². The van der Waals surface area contributed by atoms with Crippen LogP contribution in [0.15, 0.2) is 22.9 Å². The normalized spacial score (nSPS) is 17.8. The number of aromatic nitrogens is 1. The average Bonchev–Trinajstić information content (AvgIpc) is 2.29. The number of halogens is 1. The highest BCUT2D eigenvalue weighted by Gasteiger charge is 2.19. The molecule has 0 bridgehead atoms. The number of rotatable bonds is 3. The van der Waals surface area contributed by atoms with Gasteiger partial charge < -0.3 is 9.80 Å². The molecule has 0 unspecified atom stereocenters. The quantitative estimate of drug-likeness (QED) is 0.855. The number of nitrogens with zero attached hydrogens (tertiary/aromatic N) is 3. The van der Waals surface area contributed by atoms with Gasteiger partial charge in [-0.3, -0.25) is 4.98 Å². The molecule has 94 valence electrons. The van der Waals surface area contributed by atoms with Crippen molar-refractivity contribution < 1.29 is 0 Å². The maximum absolute atomic E-state index is 4.23. The lowest BCUT2D eigenvalue weighted by atomic mass is 9.96. The van der Waals surface area contributed by atoms with Crippen LogP contribution in [0.25, 0.3) is 0 Å². The van der Waals surface area contributed by atoms with Gasteiger partial charge in [-0.25, -0.2) is 0 Å². The van der Waals surface area contributed by atoms with Crippen LogP contribution in [-0.2, 0) is 0 Å². The fraction of sp³-hybridized carbons (Fsp3) is 0.615. The number of hydrogen-bond donors (Lipinski definition) is 0. The molecule has 1 aliphatic heterocycles. The SMILES string of the molecule is CN(C)CC1CCN(c2cncc(Br)c2)CC1. The monoisotopic (exact) mass is 297 g/mol. The first-order valence-electron chi connectivity index (χ1n) is 6.15. The summed E-state index contributed by atoms with van der Waals surface area (Å²) >= 11 is 3.48. The van der Waals surface area contributed by atoms with Crippen molar-refractivity contribution in [2.24, 2.45) is 5.92 Å². The number of piperidine rings is 1. The minimum absolute atomic E-state index is 0.848.